The number of hydrogen-bond acceptors (Lipinski definition) is 4. The summed E-state index contributed by atoms with van der Waals surface area (Å²) in [6.45, 7) is 2.58. The molecule has 1 aliphatic carbocycles. The maximum Gasteiger partial charge on any atom is 0.270 e. The third kappa shape index (κ3) is 4.20. The average molecular weight is 336 g/mol. The highest BCUT2D eigenvalue weighted by Gasteiger charge is 2.24. The fourth-order valence-corrected chi connectivity index (χ4v) is 4.49. The van der Waals surface area contributed by atoms with Gasteiger partial charge in [-0.25, -0.2) is 8.42 Å². The summed E-state index contributed by atoms with van der Waals surface area (Å²) in [6.07, 6.45) is 4.09. The number of halogens is 1. The molecule has 1 aromatic heterocycles. The van der Waals surface area contributed by atoms with E-state index in [1.807, 2.05) is 0 Å². The molecule has 1 aliphatic rings. The zero-order chi connectivity index (χ0) is 14.8. The van der Waals surface area contributed by atoms with E-state index in [9.17, 15) is 13.2 Å². The third-order valence-corrected chi connectivity index (χ3v) is 6.88. The summed E-state index contributed by atoms with van der Waals surface area (Å²) in [7, 11) is 1.60. The zero-order valence-corrected chi connectivity index (χ0v) is 13.7. The first kappa shape index (κ1) is 15.8. The molecule has 0 bridgehead atoms. The molecule has 1 heterocycles. The van der Waals surface area contributed by atoms with Crippen LogP contribution in [0, 0.1) is 11.8 Å². The maximum absolute atomic E-state index is 12.0. The molecule has 0 saturated heterocycles. The lowest BCUT2D eigenvalue weighted by atomic mass is 9.82. The summed E-state index contributed by atoms with van der Waals surface area (Å²) in [5, 5.41) is 2.88. The molecule has 0 atom stereocenters. The van der Waals surface area contributed by atoms with Gasteiger partial charge in [-0.3, -0.25) is 4.79 Å². The minimum atomic E-state index is -3.67. The Kier molecular flexibility index (Phi) is 5.09. The number of amides is 1. The van der Waals surface area contributed by atoms with Gasteiger partial charge in [0.25, 0.3) is 9.05 Å². The molecule has 0 aliphatic heterocycles. The highest BCUT2D eigenvalue weighted by molar-refractivity contribution is 8.15. The van der Waals surface area contributed by atoms with E-state index in [4.69, 9.17) is 10.7 Å². The van der Waals surface area contributed by atoms with Crippen LogP contribution in [0.4, 0.5) is 0 Å². The second kappa shape index (κ2) is 6.45. The third-order valence-electron chi connectivity index (χ3n) is 3.70. The van der Waals surface area contributed by atoms with Gasteiger partial charge in [0.2, 0.25) is 5.91 Å². The predicted molar refractivity (Wildman–Crippen MR) is 80.3 cm³/mol. The Morgan fingerprint density at radius 3 is 2.55 bits per heavy atom. The SMILES string of the molecule is CC1CCC(C(=O)NCc2ccc(S(=O)(=O)Cl)s2)CC1. The minimum Gasteiger partial charge on any atom is -0.351 e. The van der Waals surface area contributed by atoms with E-state index >= 15 is 0 Å². The molecule has 1 fully saturated rings. The monoisotopic (exact) mass is 335 g/mol. The highest BCUT2D eigenvalue weighted by Crippen LogP contribution is 2.29. The summed E-state index contributed by atoms with van der Waals surface area (Å²) < 4.78 is 22.4. The topological polar surface area (TPSA) is 63.2 Å². The largest absolute Gasteiger partial charge is 0.351 e. The van der Waals surface area contributed by atoms with Gasteiger partial charge in [0, 0.05) is 21.5 Å². The van der Waals surface area contributed by atoms with Crippen LogP contribution in [-0.2, 0) is 20.4 Å². The predicted octanol–water partition coefficient (Wildman–Crippen LogP) is 3.12. The lowest BCUT2D eigenvalue weighted by Crippen LogP contribution is -2.32. The molecule has 4 nitrogen and oxygen atoms in total. The smallest absolute Gasteiger partial charge is 0.270 e. The van der Waals surface area contributed by atoms with E-state index < -0.39 is 9.05 Å². The van der Waals surface area contributed by atoms with Crippen LogP contribution in [0.2, 0.25) is 0 Å². The number of rotatable bonds is 4. The van der Waals surface area contributed by atoms with Crippen molar-refractivity contribution in [2.75, 3.05) is 0 Å². The first-order chi connectivity index (χ1) is 9.36. The van der Waals surface area contributed by atoms with Gasteiger partial charge in [-0.15, -0.1) is 11.3 Å². The summed E-state index contributed by atoms with van der Waals surface area (Å²) in [5.74, 6) is 0.885. The van der Waals surface area contributed by atoms with Gasteiger partial charge in [-0.1, -0.05) is 6.92 Å². The molecule has 1 amide bonds. The van der Waals surface area contributed by atoms with Crippen molar-refractivity contribution >= 4 is 37.0 Å². The van der Waals surface area contributed by atoms with Crippen LogP contribution in [-0.4, -0.2) is 14.3 Å². The standard InChI is InChI=1S/C13H18ClNO3S2/c1-9-2-4-10(5-3-9)13(16)15-8-11-6-7-12(19-11)20(14,17)18/h6-7,9-10H,2-5,8H2,1H3,(H,15,16). The summed E-state index contributed by atoms with van der Waals surface area (Å²) >= 11 is 1.09. The maximum atomic E-state index is 12.0. The summed E-state index contributed by atoms with van der Waals surface area (Å²) in [6, 6.07) is 3.15. The second-order valence-electron chi connectivity index (χ2n) is 5.33. The van der Waals surface area contributed by atoms with Crippen LogP contribution in [0.25, 0.3) is 0 Å². The second-order valence-corrected chi connectivity index (χ2v) is 9.29. The lowest BCUT2D eigenvalue weighted by Gasteiger charge is -2.25. The van der Waals surface area contributed by atoms with Gasteiger partial charge in [0.1, 0.15) is 4.21 Å². The van der Waals surface area contributed by atoms with Crippen molar-refractivity contribution in [1.29, 1.82) is 0 Å². The number of carbonyl (C=O) groups is 1. The normalized spacial score (nSPS) is 23.5. The van der Waals surface area contributed by atoms with Gasteiger partial charge in [0.15, 0.2) is 0 Å². The first-order valence-electron chi connectivity index (χ1n) is 6.67. The summed E-state index contributed by atoms with van der Waals surface area (Å²) in [4.78, 5) is 12.8. The molecule has 2 rings (SSSR count). The molecule has 7 heteroatoms. The Balaban J connectivity index is 1.86. The molecule has 0 radical (unpaired) electrons. The van der Waals surface area contributed by atoms with Crippen molar-refractivity contribution in [1.82, 2.24) is 5.32 Å². The molecule has 112 valence electrons. The van der Waals surface area contributed by atoms with E-state index in [0.717, 1.165) is 41.9 Å². The van der Waals surface area contributed by atoms with E-state index in [0.29, 0.717) is 12.5 Å². The quantitative estimate of drug-likeness (QED) is 0.860. The van der Waals surface area contributed by atoms with Gasteiger partial charge in [-0.05, 0) is 43.7 Å². The molecule has 1 aromatic rings. The summed E-state index contributed by atoms with van der Waals surface area (Å²) in [5.41, 5.74) is 0. The lowest BCUT2D eigenvalue weighted by molar-refractivity contribution is -0.126. The molecule has 0 unspecified atom stereocenters. The molecule has 20 heavy (non-hydrogen) atoms. The minimum absolute atomic E-state index is 0.0700. The Labute approximate surface area is 127 Å². The van der Waals surface area contributed by atoms with Crippen LogP contribution in [0.15, 0.2) is 16.3 Å². The Bertz CT molecular complexity index is 574. The zero-order valence-electron chi connectivity index (χ0n) is 11.3. The molecule has 0 aromatic carbocycles. The number of nitrogens with one attached hydrogen (secondary N) is 1. The Hall–Kier alpha value is -0.590. The van der Waals surface area contributed by atoms with Crippen LogP contribution < -0.4 is 5.32 Å². The number of hydrogen-bond donors (Lipinski definition) is 1. The van der Waals surface area contributed by atoms with Crippen molar-refractivity contribution in [3.8, 4) is 0 Å². The fourth-order valence-electron chi connectivity index (χ4n) is 2.43. The van der Waals surface area contributed by atoms with E-state index in [2.05, 4.69) is 12.2 Å². The molecular weight excluding hydrogens is 318 g/mol. The van der Waals surface area contributed by atoms with E-state index in [1.165, 1.54) is 6.07 Å². The van der Waals surface area contributed by atoms with Crippen molar-refractivity contribution in [3.63, 3.8) is 0 Å². The van der Waals surface area contributed by atoms with Crippen molar-refractivity contribution in [3.05, 3.63) is 17.0 Å². The van der Waals surface area contributed by atoms with Crippen LogP contribution in [0.3, 0.4) is 0 Å². The Morgan fingerprint density at radius 1 is 1.35 bits per heavy atom. The van der Waals surface area contributed by atoms with Crippen molar-refractivity contribution < 1.29 is 13.2 Å². The van der Waals surface area contributed by atoms with Crippen molar-refractivity contribution in [2.45, 2.75) is 43.4 Å². The fraction of sp³-hybridized carbons (Fsp3) is 0.615. The number of carbonyl (C=O) groups excluding carboxylic acids is 1. The molecule has 1 N–H and O–H groups in total. The van der Waals surface area contributed by atoms with E-state index in [-0.39, 0.29) is 16.0 Å². The molecule has 0 spiro atoms. The van der Waals surface area contributed by atoms with Crippen LogP contribution in [0.1, 0.15) is 37.5 Å². The van der Waals surface area contributed by atoms with Gasteiger partial charge in [-0.2, -0.15) is 0 Å². The van der Waals surface area contributed by atoms with Gasteiger partial charge in [0.05, 0.1) is 6.54 Å². The van der Waals surface area contributed by atoms with Gasteiger partial charge >= 0.3 is 0 Å². The van der Waals surface area contributed by atoms with Gasteiger partial charge < -0.3 is 5.32 Å². The number of thiophene rings is 1. The Morgan fingerprint density at radius 2 is 2.00 bits per heavy atom. The van der Waals surface area contributed by atoms with Crippen LogP contribution in [0.5, 0.6) is 0 Å². The average Bonchev–Trinajstić information content (AvgIpc) is 2.85. The molecule has 1 saturated carbocycles. The van der Waals surface area contributed by atoms with Crippen LogP contribution >= 0.6 is 22.0 Å². The highest BCUT2D eigenvalue weighted by atomic mass is 35.7. The van der Waals surface area contributed by atoms with E-state index in [1.54, 1.807) is 6.07 Å². The first-order valence-corrected chi connectivity index (χ1v) is 9.80. The molecular formula is C13H18ClNO3S2. The van der Waals surface area contributed by atoms with Crippen molar-refractivity contribution in [2.24, 2.45) is 11.8 Å².